The molecule has 0 radical (unpaired) electrons. The van der Waals surface area contributed by atoms with E-state index in [1.54, 1.807) is 19.3 Å². The van der Waals surface area contributed by atoms with Crippen LogP contribution in [0.1, 0.15) is 89.9 Å². The van der Waals surface area contributed by atoms with Crippen LogP contribution < -0.4 is 5.56 Å². The number of hydrogen-bond donors (Lipinski definition) is 0. The lowest BCUT2D eigenvalue weighted by atomic mass is 9.77. The standard InChI is InChI=1S/C30H35NO2/c1-4-22-9-11-23(12-10-22)24-13-15-25(16-14-24)28(27-8-6-5-7-21(27)2)19-29(32)26-17-18-30(33)31(3)20-26/h5-8,13-18,20,22-23,28H,4,9-12,19H2,1-3H3/t22?,23?,28-/m0/s1. The van der Waals surface area contributed by atoms with Gasteiger partial charge >= 0.3 is 0 Å². The Bertz CT molecular complexity index is 1150. The molecular formula is C30H35NO2. The van der Waals surface area contributed by atoms with Crippen LogP contribution in [0.15, 0.2) is 71.7 Å². The molecule has 3 heteroatoms. The molecule has 1 heterocycles. The van der Waals surface area contributed by atoms with E-state index in [2.05, 4.69) is 50.2 Å². The Balaban J connectivity index is 1.60. The number of aryl methyl sites for hydroxylation is 2. The van der Waals surface area contributed by atoms with Gasteiger partial charge in [-0.25, -0.2) is 0 Å². The predicted octanol–water partition coefficient (Wildman–Crippen LogP) is 6.78. The normalized spacial score (nSPS) is 19.2. The minimum absolute atomic E-state index is 0.0131. The van der Waals surface area contributed by atoms with Crippen molar-refractivity contribution in [2.75, 3.05) is 0 Å². The van der Waals surface area contributed by atoms with Gasteiger partial charge in [0.2, 0.25) is 5.56 Å². The van der Waals surface area contributed by atoms with Gasteiger partial charge in [0.15, 0.2) is 5.78 Å². The number of benzene rings is 2. The lowest BCUT2D eigenvalue weighted by molar-refractivity contribution is 0.0977. The van der Waals surface area contributed by atoms with Crippen LogP contribution >= 0.6 is 0 Å². The molecule has 1 aliphatic carbocycles. The number of hydrogen-bond acceptors (Lipinski definition) is 2. The summed E-state index contributed by atoms with van der Waals surface area (Å²) in [5.74, 6) is 1.60. The van der Waals surface area contributed by atoms with Crippen molar-refractivity contribution >= 4 is 5.78 Å². The summed E-state index contributed by atoms with van der Waals surface area (Å²) in [5, 5.41) is 0. The van der Waals surface area contributed by atoms with Gasteiger partial charge in [-0.05, 0) is 72.8 Å². The third kappa shape index (κ3) is 5.35. The summed E-state index contributed by atoms with van der Waals surface area (Å²) in [5.41, 5.74) is 5.46. The molecule has 0 aliphatic heterocycles. The second-order valence-corrected chi connectivity index (χ2v) is 9.70. The van der Waals surface area contributed by atoms with Gasteiger partial charge in [-0.1, -0.05) is 61.9 Å². The Hall–Kier alpha value is -2.94. The number of pyridine rings is 1. The maximum Gasteiger partial charge on any atom is 0.250 e. The molecule has 0 unspecified atom stereocenters. The molecule has 1 aromatic heterocycles. The maximum absolute atomic E-state index is 13.2. The van der Waals surface area contributed by atoms with E-state index in [0.717, 1.165) is 5.92 Å². The van der Waals surface area contributed by atoms with E-state index in [4.69, 9.17) is 0 Å². The van der Waals surface area contributed by atoms with Gasteiger partial charge in [-0.3, -0.25) is 9.59 Å². The first-order valence-corrected chi connectivity index (χ1v) is 12.3. The molecule has 0 N–H and O–H groups in total. The smallest absolute Gasteiger partial charge is 0.250 e. The van der Waals surface area contributed by atoms with Crippen molar-refractivity contribution in [2.45, 2.75) is 64.2 Å². The molecule has 1 fully saturated rings. The highest BCUT2D eigenvalue weighted by Crippen LogP contribution is 2.38. The number of rotatable bonds is 7. The molecule has 0 amide bonds. The number of ketones is 1. The lowest BCUT2D eigenvalue weighted by Crippen LogP contribution is -2.18. The Kier molecular flexibility index (Phi) is 7.27. The first kappa shape index (κ1) is 23.2. The highest BCUT2D eigenvalue weighted by atomic mass is 16.1. The van der Waals surface area contributed by atoms with Gasteiger partial charge in [0.05, 0.1) is 0 Å². The molecule has 0 spiro atoms. The van der Waals surface area contributed by atoms with Crippen molar-refractivity contribution < 1.29 is 4.79 Å². The van der Waals surface area contributed by atoms with Gasteiger partial charge in [0.25, 0.3) is 0 Å². The summed E-state index contributed by atoms with van der Waals surface area (Å²) in [6.45, 7) is 4.42. The fourth-order valence-electron chi connectivity index (χ4n) is 5.35. The number of aromatic nitrogens is 1. The van der Waals surface area contributed by atoms with Crippen LogP contribution in [0.3, 0.4) is 0 Å². The first-order chi connectivity index (χ1) is 16.0. The Morgan fingerprint density at radius 1 is 0.970 bits per heavy atom. The van der Waals surface area contributed by atoms with Crippen molar-refractivity contribution in [3.05, 3.63) is 105 Å². The molecule has 3 aromatic rings. The van der Waals surface area contributed by atoms with Crippen molar-refractivity contribution in [1.82, 2.24) is 4.57 Å². The van der Waals surface area contributed by atoms with Gasteiger partial charge in [0.1, 0.15) is 0 Å². The van der Waals surface area contributed by atoms with Crippen molar-refractivity contribution in [1.29, 1.82) is 0 Å². The topological polar surface area (TPSA) is 39.1 Å². The van der Waals surface area contributed by atoms with Crippen LogP contribution in [0.25, 0.3) is 0 Å². The minimum Gasteiger partial charge on any atom is -0.318 e. The van der Waals surface area contributed by atoms with Gasteiger partial charge in [-0.2, -0.15) is 0 Å². The Morgan fingerprint density at radius 3 is 2.30 bits per heavy atom. The van der Waals surface area contributed by atoms with Crippen LogP contribution in [0, 0.1) is 12.8 Å². The molecule has 3 nitrogen and oxygen atoms in total. The third-order valence-electron chi connectivity index (χ3n) is 7.60. The first-order valence-electron chi connectivity index (χ1n) is 12.3. The second-order valence-electron chi connectivity index (χ2n) is 9.70. The van der Waals surface area contributed by atoms with E-state index in [-0.39, 0.29) is 17.3 Å². The predicted molar refractivity (Wildman–Crippen MR) is 135 cm³/mol. The number of carbonyl (C=O) groups is 1. The van der Waals surface area contributed by atoms with Crippen LogP contribution in [-0.4, -0.2) is 10.4 Å². The summed E-state index contributed by atoms with van der Waals surface area (Å²) in [4.78, 5) is 25.0. The maximum atomic E-state index is 13.2. The fraction of sp³-hybridized carbons (Fsp3) is 0.400. The van der Waals surface area contributed by atoms with Crippen molar-refractivity contribution in [3.63, 3.8) is 0 Å². The zero-order valence-corrected chi connectivity index (χ0v) is 20.1. The molecule has 2 aromatic carbocycles. The van der Waals surface area contributed by atoms with Gasteiger partial charge in [0, 0.05) is 37.2 Å². The zero-order chi connectivity index (χ0) is 23.4. The summed E-state index contributed by atoms with van der Waals surface area (Å²) < 4.78 is 1.47. The second kappa shape index (κ2) is 10.3. The molecule has 33 heavy (non-hydrogen) atoms. The average molecular weight is 442 g/mol. The van der Waals surface area contributed by atoms with Crippen molar-refractivity contribution in [2.24, 2.45) is 13.0 Å². The van der Waals surface area contributed by atoms with Crippen LogP contribution in [0.4, 0.5) is 0 Å². The number of Topliss-reactive ketones (excluding diaryl/α,β-unsaturated/α-hetero) is 1. The Labute approximate surface area is 197 Å². The molecule has 1 aliphatic rings. The zero-order valence-electron chi connectivity index (χ0n) is 20.1. The Morgan fingerprint density at radius 2 is 1.67 bits per heavy atom. The summed E-state index contributed by atoms with van der Waals surface area (Å²) in [6.07, 6.45) is 8.56. The highest BCUT2D eigenvalue weighted by molar-refractivity contribution is 5.96. The number of carbonyl (C=O) groups excluding carboxylic acids is 1. The largest absolute Gasteiger partial charge is 0.318 e. The van der Waals surface area contributed by atoms with Crippen LogP contribution in [0.2, 0.25) is 0 Å². The molecular weight excluding hydrogens is 406 g/mol. The van der Waals surface area contributed by atoms with E-state index in [0.29, 0.717) is 17.9 Å². The number of nitrogens with zero attached hydrogens (tertiary/aromatic N) is 1. The van der Waals surface area contributed by atoms with E-state index in [9.17, 15) is 9.59 Å². The van der Waals surface area contributed by atoms with E-state index in [1.807, 2.05) is 12.1 Å². The minimum atomic E-state index is -0.106. The van der Waals surface area contributed by atoms with E-state index >= 15 is 0 Å². The average Bonchev–Trinajstić information content (AvgIpc) is 2.85. The van der Waals surface area contributed by atoms with Crippen LogP contribution in [-0.2, 0) is 7.05 Å². The summed E-state index contributed by atoms with van der Waals surface area (Å²) in [7, 11) is 1.69. The molecule has 172 valence electrons. The lowest BCUT2D eigenvalue weighted by Gasteiger charge is -2.28. The van der Waals surface area contributed by atoms with E-state index < -0.39 is 0 Å². The molecule has 1 atom stereocenters. The SMILES string of the molecule is CCC1CCC(c2ccc([C@H](CC(=O)c3ccc(=O)n(C)c3)c3ccccc3C)cc2)CC1. The third-order valence-corrected chi connectivity index (χ3v) is 7.60. The molecule has 0 saturated heterocycles. The summed E-state index contributed by atoms with van der Waals surface area (Å²) in [6, 6.07) is 20.5. The molecule has 4 rings (SSSR count). The monoisotopic (exact) mass is 441 g/mol. The molecule has 1 saturated carbocycles. The quantitative estimate of drug-likeness (QED) is 0.379. The van der Waals surface area contributed by atoms with Gasteiger partial charge in [-0.15, -0.1) is 0 Å². The van der Waals surface area contributed by atoms with E-state index in [1.165, 1.54) is 65.0 Å². The van der Waals surface area contributed by atoms with Crippen LogP contribution in [0.5, 0.6) is 0 Å². The highest BCUT2D eigenvalue weighted by Gasteiger charge is 2.24. The molecule has 0 bridgehead atoms. The van der Waals surface area contributed by atoms with Gasteiger partial charge < -0.3 is 4.57 Å². The van der Waals surface area contributed by atoms with Crippen molar-refractivity contribution in [3.8, 4) is 0 Å². The summed E-state index contributed by atoms with van der Waals surface area (Å²) >= 11 is 0. The fourth-order valence-corrected chi connectivity index (χ4v) is 5.35.